The van der Waals surface area contributed by atoms with Crippen molar-refractivity contribution in [3.8, 4) is 6.07 Å². The highest BCUT2D eigenvalue weighted by molar-refractivity contribution is 5.35. The first kappa shape index (κ1) is 12.0. The molecular weight excluding hydrogens is 194 g/mol. The van der Waals surface area contributed by atoms with Gasteiger partial charge >= 0.3 is 0 Å². The molecule has 0 atom stereocenters. The van der Waals surface area contributed by atoms with Gasteiger partial charge in [-0.2, -0.15) is 5.26 Å². The summed E-state index contributed by atoms with van der Waals surface area (Å²) >= 11 is 0. The number of nitriles is 1. The highest BCUT2D eigenvalue weighted by Gasteiger charge is 1.90. The molecule has 0 aliphatic carbocycles. The zero-order valence-corrected chi connectivity index (χ0v) is 9.64. The summed E-state index contributed by atoms with van der Waals surface area (Å²) in [6.07, 6.45) is 0. The fourth-order valence-electron chi connectivity index (χ4n) is 1.23. The van der Waals surface area contributed by atoms with Gasteiger partial charge in [-0.3, -0.25) is 0 Å². The monoisotopic (exact) mass is 209 g/mol. The van der Waals surface area contributed by atoms with Gasteiger partial charge in [0.05, 0.1) is 11.6 Å². The Morgan fingerprint density at radius 3 is 1.75 bits per heavy atom. The molecule has 0 aliphatic heterocycles. The van der Waals surface area contributed by atoms with Crippen LogP contribution in [0, 0.1) is 25.2 Å². The smallest absolute Gasteiger partial charge is 0.0994 e. The first-order valence-corrected chi connectivity index (χ1v) is 5.21. The Labute approximate surface area is 97.0 Å². The lowest BCUT2D eigenvalue weighted by Gasteiger charge is -1.90. The van der Waals surface area contributed by atoms with Crippen LogP contribution in [-0.4, -0.2) is 0 Å². The first-order valence-electron chi connectivity index (χ1n) is 5.21. The lowest BCUT2D eigenvalue weighted by molar-refractivity contribution is 1.39. The summed E-state index contributed by atoms with van der Waals surface area (Å²) in [6.45, 7) is 4.01. The number of rotatable bonds is 0. The average Bonchev–Trinajstić information content (AvgIpc) is 2.31. The topological polar surface area (TPSA) is 23.8 Å². The van der Waals surface area contributed by atoms with E-state index in [1.54, 1.807) is 0 Å². The summed E-state index contributed by atoms with van der Waals surface area (Å²) in [5.74, 6) is 0. The average molecular weight is 209 g/mol. The molecule has 0 radical (unpaired) electrons. The van der Waals surface area contributed by atoms with Crippen LogP contribution in [0.15, 0.2) is 54.6 Å². The molecule has 0 bridgehead atoms. The molecule has 2 aromatic rings. The van der Waals surface area contributed by atoms with Crippen LogP contribution < -0.4 is 0 Å². The highest BCUT2D eigenvalue weighted by atomic mass is 14.2. The third-order valence-electron chi connectivity index (χ3n) is 2.21. The van der Waals surface area contributed by atoms with E-state index < -0.39 is 0 Å². The molecule has 16 heavy (non-hydrogen) atoms. The van der Waals surface area contributed by atoms with Crippen molar-refractivity contribution in [1.29, 1.82) is 5.26 Å². The van der Waals surface area contributed by atoms with Crippen molar-refractivity contribution in [2.75, 3.05) is 0 Å². The van der Waals surface area contributed by atoms with Gasteiger partial charge in [-0.05, 0) is 25.5 Å². The molecular formula is C15H15N. The second-order valence-corrected chi connectivity index (χ2v) is 3.58. The molecule has 0 N–H and O–H groups in total. The molecule has 0 fully saturated rings. The fourth-order valence-corrected chi connectivity index (χ4v) is 1.23. The molecule has 80 valence electrons. The predicted octanol–water partition coefficient (Wildman–Crippen LogP) is 3.86. The molecule has 2 aromatic carbocycles. The zero-order chi connectivity index (χ0) is 11.8. The molecule has 0 aromatic heterocycles. The summed E-state index contributed by atoms with van der Waals surface area (Å²) in [6, 6.07) is 19.9. The summed E-state index contributed by atoms with van der Waals surface area (Å²) in [5.41, 5.74) is 3.13. The number of aryl methyl sites for hydroxylation is 2. The largest absolute Gasteiger partial charge is 0.192 e. The van der Waals surface area contributed by atoms with E-state index in [1.165, 1.54) is 5.56 Å². The van der Waals surface area contributed by atoms with Crippen molar-refractivity contribution in [1.82, 2.24) is 0 Å². The summed E-state index contributed by atoms with van der Waals surface area (Å²) in [7, 11) is 0. The van der Waals surface area contributed by atoms with E-state index in [0.29, 0.717) is 0 Å². The summed E-state index contributed by atoms with van der Waals surface area (Å²) in [4.78, 5) is 0. The molecule has 1 nitrogen and oxygen atoms in total. The standard InChI is InChI=1S/C8H7N.C7H8/c1-7-4-2-3-5-8(7)6-9;1-7-5-3-2-4-6-7/h2-5H,1H3;2-6H,1H3. The van der Waals surface area contributed by atoms with Gasteiger partial charge in [-0.1, -0.05) is 54.1 Å². The molecule has 0 saturated carbocycles. The molecule has 1 heteroatoms. The Morgan fingerprint density at radius 2 is 1.38 bits per heavy atom. The number of hydrogen-bond acceptors (Lipinski definition) is 1. The normalized spacial score (nSPS) is 8.56. The van der Waals surface area contributed by atoms with E-state index in [0.717, 1.165) is 11.1 Å². The SMILES string of the molecule is Cc1ccccc1.Cc1ccccc1C#N. The van der Waals surface area contributed by atoms with Crippen molar-refractivity contribution in [3.63, 3.8) is 0 Å². The van der Waals surface area contributed by atoms with Gasteiger partial charge in [0.25, 0.3) is 0 Å². The van der Waals surface area contributed by atoms with E-state index in [4.69, 9.17) is 5.26 Å². The van der Waals surface area contributed by atoms with E-state index in [1.807, 2.05) is 49.4 Å². The number of nitrogens with zero attached hydrogens (tertiary/aromatic N) is 1. The zero-order valence-electron chi connectivity index (χ0n) is 9.64. The summed E-state index contributed by atoms with van der Waals surface area (Å²) < 4.78 is 0. The van der Waals surface area contributed by atoms with Gasteiger partial charge in [0.2, 0.25) is 0 Å². The maximum absolute atomic E-state index is 8.47. The van der Waals surface area contributed by atoms with Crippen molar-refractivity contribution in [2.45, 2.75) is 13.8 Å². The van der Waals surface area contributed by atoms with E-state index >= 15 is 0 Å². The van der Waals surface area contributed by atoms with Gasteiger partial charge in [0.15, 0.2) is 0 Å². The lowest BCUT2D eigenvalue weighted by Crippen LogP contribution is -1.77. The van der Waals surface area contributed by atoms with E-state index in [-0.39, 0.29) is 0 Å². The van der Waals surface area contributed by atoms with Gasteiger partial charge in [-0.15, -0.1) is 0 Å². The predicted molar refractivity (Wildman–Crippen MR) is 67.1 cm³/mol. The van der Waals surface area contributed by atoms with Gasteiger partial charge in [0, 0.05) is 0 Å². The quantitative estimate of drug-likeness (QED) is 0.646. The molecule has 0 aliphatic rings. The minimum atomic E-state index is 0.762. The van der Waals surface area contributed by atoms with Crippen LogP contribution in [0.1, 0.15) is 16.7 Å². The minimum absolute atomic E-state index is 0.762. The number of benzene rings is 2. The highest BCUT2D eigenvalue weighted by Crippen LogP contribution is 2.03. The Balaban J connectivity index is 0.000000165. The lowest BCUT2D eigenvalue weighted by atomic mass is 10.1. The second-order valence-electron chi connectivity index (χ2n) is 3.58. The van der Waals surface area contributed by atoms with Crippen LogP contribution in [0.2, 0.25) is 0 Å². The van der Waals surface area contributed by atoms with Crippen molar-refractivity contribution >= 4 is 0 Å². The molecule has 0 unspecified atom stereocenters. The third kappa shape index (κ3) is 3.98. The van der Waals surface area contributed by atoms with Crippen LogP contribution in [0.25, 0.3) is 0 Å². The van der Waals surface area contributed by atoms with Crippen LogP contribution in [0.4, 0.5) is 0 Å². The molecule has 2 rings (SSSR count). The van der Waals surface area contributed by atoms with Crippen LogP contribution in [-0.2, 0) is 0 Å². The Hall–Kier alpha value is -2.07. The van der Waals surface area contributed by atoms with Crippen molar-refractivity contribution in [3.05, 3.63) is 71.3 Å². The van der Waals surface area contributed by atoms with Gasteiger partial charge in [0.1, 0.15) is 0 Å². The second kappa shape index (κ2) is 6.42. The minimum Gasteiger partial charge on any atom is -0.192 e. The van der Waals surface area contributed by atoms with Crippen molar-refractivity contribution < 1.29 is 0 Å². The molecule has 0 heterocycles. The Kier molecular flexibility index (Phi) is 4.82. The van der Waals surface area contributed by atoms with Crippen molar-refractivity contribution in [2.24, 2.45) is 0 Å². The maximum Gasteiger partial charge on any atom is 0.0994 e. The van der Waals surface area contributed by atoms with E-state index in [9.17, 15) is 0 Å². The van der Waals surface area contributed by atoms with Crippen LogP contribution in [0.5, 0.6) is 0 Å². The van der Waals surface area contributed by atoms with E-state index in [2.05, 4.69) is 25.1 Å². The van der Waals surface area contributed by atoms with Gasteiger partial charge in [-0.25, -0.2) is 0 Å². The molecule has 0 amide bonds. The first-order chi connectivity index (χ1) is 7.74. The third-order valence-corrected chi connectivity index (χ3v) is 2.21. The fraction of sp³-hybridized carbons (Fsp3) is 0.133. The van der Waals surface area contributed by atoms with Crippen LogP contribution in [0.3, 0.4) is 0 Å². The maximum atomic E-state index is 8.47. The van der Waals surface area contributed by atoms with Gasteiger partial charge < -0.3 is 0 Å². The Bertz CT molecular complexity index is 466. The molecule has 0 spiro atoms. The number of hydrogen-bond donors (Lipinski definition) is 0. The Morgan fingerprint density at radius 1 is 0.812 bits per heavy atom. The summed E-state index contributed by atoms with van der Waals surface area (Å²) in [5, 5.41) is 8.47. The molecule has 0 saturated heterocycles. The van der Waals surface area contributed by atoms with Crippen LogP contribution >= 0.6 is 0 Å².